The number of carbonyl (C=O) groups is 2. The SMILES string of the molecule is CC(C)=CC(=O)OC1CC2(C)C(=CCC3C4(C)CCC(OC5OC(C(=O)O)C(O)C(OC6OC(C)C(O)C(O)C6O)C5OC5OC(CO)C(O)C(O)C5O)C(C)(C)C4CCC32C)C2CC(C)(C)CC(O)C12CO. The monoisotopic (exact) mass is 1040 g/mol. The van der Waals surface area contributed by atoms with Gasteiger partial charge in [0, 0.05) is 6.08 Å². The van der Waals surface area contributed by atoms with Gasteiger partial charge in [0.05, 0.1) is 36.9 Å². The fourth-order valence-electron chi connectivity index (χ4n) is 15.9. The van der Waals surface area contributed by atoms with Crippen LogP contribution in [-0.4, -0.2) is 192 Å². The lowest BCUT2D eigenvalue weighted by Gasteiger charge is -2.72. The first kappa shape index (κ1) is 57.0. The van der Waals surface area contributed by atoms with Crippen LogP contribution in [0.1, 0.15) is 121 Å². The Bertz CT molecular complexity index is 2090. The Kier molecular flexibility index (Phi) is 15.8. The maximum atomic E-state index is 13.6. The van der Waals surface area contributed by atoms with Gasteiger partial charge in [-0.3, -0.25) is 0 Å². The molecular formula is C53H84O20. The maximum absolute atomic E-state index is 13.6. The fourth-order valence-corrected chi connectivity index (χ4v) is 15.9. The Morgan fingerprint density at radius 3 is 1.95 bits per heavy atom. The molecule has 416 valence electrons. The van der Waals surface area contributed by atoms with Crippen molar-refractivity contribution in [2.75, 3.05) is 13.2 Å². The molecule has 4 saturated carbocycles. The van der Waals surface area contributed by atoms with E-state index in [-0.39, 0.29) is 40.6 Å². The number of fused-ring (bicyclic) bond motifs is 7. The smallest absolute Gasteiger partial charge is 0.335 e. The molecule has 7 fully saturated rings. The summed E-state index contributed by atoms with van der Waals surface area (Å²) in [5.74, 6) is -2.30. The average molecular weight is 1040 g/mol. The number of hydrogen-bond acceptors (Lipinski definition) is 19. The number of allylic oxidation sites excluding steroid dienone is 3. The highest BCUT2D eigenvalue weighted by atomic mass is 16.8. The predicted octanol–water partition coefficient (Wildman–Crippen LogP) is 1.19. The van der Waals surface area contributed by atoms with Crippen molar-refractivity contribution in [3.63, 3.8) is 0 Å². The summed E-state index contributed by atoms with van der Waals surface area (Å²) in [4.78, 5) is 26.5. The number of carboxylic acids is 1. The number of aliphatic carboxylic acids is 1. The molecule has 11 N–H and O–H groups in total. The molecule has 20 nitrogen and oxygen atoms in total. The molecule has 73 heavy (non-hydrogen) atoms. The molecule has 0 radical (unpaired) electrons. The second-order valence-corrected chi connectivity index (χ2v) is 25.4. The minimum atomic E-state index is -2.09. The fraction of sp³-hybridized carbons (Fsp3) is 0.887. The molecule has 3 saturated heterocycles. The van der Waals surface area contributed by atoms with E-state index in [2.05, 4.69) is 54.5 Å². The van der Waals surface area contributed by atoms with Gasteiger partial charge in [0.1, 0.15) is 67.1 Å². The highest BCUT2D eigenvalue weighted by Gasteiger charge is 2.72. The minimum absolute atomic E-state index is 0.0151. The molecule has 3 aliphatic heterocycles. The van der Waals surface area contributed by atoms with Crippen LogP contribution in [-0.2, 0) is 42.7 Å². The number of hydrogen-bond donors (Lipinski definition) is 11. The van der Waals surface area contributed by atoms with Crippen molar-refractivity contribution in [3.05, 3.63) is 23.3 Å². The molecule has 8 aliphatic rings. The van der Waals surface area contributed by atoms with E-state index in [1.807, 2.05) is 13.8 Å². The first-order valence-corrected chi connectivity index (χ1v) is 26.3. The summed E-state index contributed by atoms with van der Waals surface area (Å²) in [6, 6.07) is 0. The molecule has 0 bridgehead atoms. The molecule has 25 unspecified atom stereocenters. The van der Waals surface area contributed by atoms with E-state index in [0.29, 0.717) is 32.1 Å². The number of aliphatic hydroxyl groups excluding tert-OH is 10. The number of rotatable bonds is 11. The van der Waals surface area contributed by atoms with Crippen molar-refractivity contribution in [2.24, 2.45) is 50.2 Å². The van der Waals surface area contributed by atoms with Crippen molar-refractivity contribution >= 4 is 11.9 Å². The standard InChI is InChI=1S/C53H84O20/c1-23(2)17-33(57)69-32-20-52(10)25(26-18-48(4,5)19-30(56)53(26,32)22-55)11-12-29-50(8)15-14-31(49(6,7)28(50)13-16-51(29,52)9)70-47-43(73-46-39(63)37(61)35(59)27(21-54)68-46)41(40(64)42(72-47)44(65)66)71-45-38(62)36(60)34(58)24(3)67-45/h11,17,24,26-32,34-43,45-47,54-56,58-64H,12-16,18-22H2,1-10H3,(H,65,66). The lowest BCUT2D eigenvalue weighted by Crippen LogP contribution is -2.70. The summed E-state index contributed by atoms with van der Waals surface area (Å²) in [7, 11) is 0. The van der Waals surface area contributed by atoms with E-state index in [9.17, 15) is 65.8 Å². The van der Waals surface area contributed by atoms with Crippen molar-refractivity contribution < 1.29 is 98.9 Å². The summed E-state index contributed by atoms with van der Waals surface area (Å²) >= 11 is 0. The van der Waals surface area contributed by atoms with E-state index < -0.39 is 145 Å². The quantitative estimate of drug-likeness (QED) is 0.0599. The Labute approximate surface area is 427 Å². The van der Waals surface area contributed by atoms with Gasteiger partial charge >= 0.3 is 11.9 Å². The van der Waals surface area contributed by atoms with Crippen LogP contribution in [0.3, 0.4) is 0 Å². The molecule has 0 amide bonds. The number of aliphatic hydroxyl groups is 10. The molecule has 0 spiro atoms. The van der Waals surface area contributed by atoms with Crippen LogP contribution in [0.4, 0.5) is 0 Å². The van der Waals surface area contributed by atoms with Gasteiger partial charge in [0.25, 0.3) is 0 Å². The van der Waals surface area contributed by atoms with Crippen LogP contribution in [0.15, 0.2) is 23.3 Å². The number of carboxylic acid groups (broad SMARTS) is 1. The molecule has 3 heterocycles. The molecule has 0 aromatic rings. The molecular weight excluding hydrogens is 957 g/mol. The van der Waals surface area contributed by atoms with Crippen LogP contribution in [0, 0.1) is 50.2 Å². The average Bonchev–Trinajstić information content (AvgIpc) is 3.29. The largest absolute Gasteiger partial charge is 0.479 e. The van der Waals surface area contributed by atoms with Gasteiger partial charge in [-0.25, -0.2) is 9.59 Å². The second kappa shape index (κ2) is 20.2. The normalized spacial score (nSPS) is 51.2. The highest BCUT2D eigenvalue weighted by molar-refractivity contribution is 5.82. The van der Waals surface area contributed by atoms with Gasteiger partial charge in [-0.05, 0) is 117 Å². The van der Waals surface area contributed by atoms with Gasteiger partial charge in [-0.15, -0.1) is 0 Å². The van der Waals surface area contributed by atoms with Gasteiger partial charge in [-0.1, -0.05) is 65.7 Å². The van der Waals surface area contributed by atoms with Crippen LogP contribution < -0.4 is 0 Å². The molecule has 8 rings (SSSR count). The third-order valence-electron chi connectivity index (χ3n) is 20.0. The number of ether oxygens (including phenoxy) is 7. The molecule has 0 aromatic carbocycles. The topological polar surface area (TPSA) is 321 Å². The van der Waals surface area contributed by atoms with Gasteiger partial charge in [0.2, 0.25) is 0 Å². The first-order chi connectivity index (χ1) is 33.9. The second-order valence-electron chi connectivity index (χ2n) is 25.4. The van der Waals surface area contributed by atoms with E-state index in [0.717, 1.165) is 24.8 Å². The van der Waals surface area contributed by atoms with Gasteiger partial charge in [0.15, 0.2) is 25.0 Å². The Morgan fingerprint density at radius 1 is 0.699 bits per heavy atom. The van der Waals surface area contributed by atoms with Crippen molar-refractivity contribution in [1.82, 2.24) is 0 Å². The third-order valence-corrected chi connectivity index (χ3v) is 20.0. The Balaban J connectivity index is 1.13. The van der Waals surface area contributed by atoms with Gasteiger partial charge < -0.3 is 89.3 Å². The number of esters is 1. The first-order valence-electron chi connectivity index (χ1n) is 26.3. The van der Waals surface area contributed by atoms with Crippen LogP contribution in [0.25, 0.3) is 0 Å². The molecule has 25 atom stereocenters. The van der Waals surface area contributed by atoms with Gasteiger partial charge in [-0.2, -0.15) is 0 Å². The van der Waals surface area contributed by atoms with Crippen molar-refractivity contribution in [2.45, 2.75) is 231 Å². The van der Waals surface area contributed by atoms with E-state index >= 15 is 0 Å². The van der Waals surface area contributed by atoms with E-state index in [1.54, 1.807) is 0 Å². The zero-order chi connectivity index (χ0) is 53.9. The molecule has 5 aliphatic carbocycles. The Hall–Kier alpha value is -2.22. The summed E-state index contributed by atoms with van der Waals surface area (Å²) < 4.78 is 43.2. The lowest BCUT2D eigenvalue weighted by molar-refractivity contribution is -0.395. The zero-order valence-electron chi connectivity index (χ0n) is 43.9. The number of carbonyl (C=O) groups excluding carboxylic acids is 1. The molecule has 0 aromatic heterocycles. The molecule has 20 heteroatoms. The van der Waals surface area contributed by atoms with Crippen molar-refractivity contribution in [1.29, 1.82) is 0 Å². The van der Waals surface area contributed by atoms with E-state index in [4.69, 9.17) is 33.2 Å². The summed E-state index contributed by atoms with van der Waals surface area (Å²) in [5.41, 5.74) is -1.24. The van der Waals surface area contributed by atoms with Crippen molar-refractivity contribution in [3.8, 4) is 0 Å². The predicted molar refractivity (Wildman–Crippen MR) is 255 cm³/mol. The zero-order valence-corrected chi connectivity index (χ0v) is 43.9. The lowest BCUT2D eigenvalue weighted by atomic mass is 9.33. The van der Waals surface area contributed by atoms with Crippen LogP contribution in [0.2, 0.25) is 0 Å². The minimum Gasteiger partial charge on any atom is -0.479 e. The van der Waals surface area contributed by atoms with E-state index in [1.165, 1.54) is 18.6 Å². The van der Waals surface area contributed by atoms with Crippen LogP contribution >= 0.6 is 0 Å². The highest BCUT2D eigenvalue weighted by Crippen LogP contribution is 2.76. The summed E-state index contributed by atoms with van der Waals surface area (Å²) in [6.45, 7) is 19.3. The summed E-state index contributed by atoms with van der Waals surface area (Å²) in [5, 5.41) is 120. The Morgan fingerprint density at radius 2 is 1.33 bits per heavy atom. The maximum Gasteiger partial charge on any atom is 0.335 e. The summed E-state index contributed by atoms with van der Waals surface area (Å²) in [6.07, 6.45) is -20.2. The third kappa shape index (κ3) is 9.29. The van der Waals surface area contributed by atoms with Crippen LogP contribution in [0.5, 0.6) is 0 Å².